The van der Waals surface area contributed by atoms with Crippen LogP contribution in [0.5, 0.6) is 0 Å². The van der Waals surface area contributed by atoms with Gasteiger partial charge in [0.15, 0.2) is 23.6 Å². The number of amides is 1. The molecule has 0 aliphatic carbocycles. The number of H-pyrrole nitrogens is 2. The SMILES string of the molecule is [C-]#[N+]CCOP(=S)(OC[C@H]1O[C@@H](n2cc(C)c(=O)[nH]c2=O)C(OCCOC)[C@H]1C)O[C@@H]1C(OCCOC)[C@H](n2cnc3c(=O)[nH]c(NC(=O)C(C)C)nc32)O[C@@H]1CO. The van der Waals surface area contributed by atoms with Crippen LogP contribution in [0.1, 0.15) is 38.8 Å². The molecule has 5 rings (SSSR count). The lowest BCUT2D eigenvalue weighted by Crippen LogP contribution is -2.38. The van der Waals surface area contributed by atoms with Crippen LogP contribution in [-0.2, 0) is 58.6 Å². The van der Waals surface area contributed by atoms with Crippen molar-refractivity contribution in [1.82, 2.24) is 29.1 Å². The van der Waals surface area contributed by atoms with Crippen molar-refractivity contribution in [2.45, 2.75) is 70.7 Å². The van der Waals surface area contributed by atoms with Gasteiger partial charge in [-0.2, -0.15) is 4.98 Å². The summed E-state index contributed by atoms with van der Waals surface area (Å²) < 4.78 is 56.7. The molecule has 0 bridgehead atoms. The summed E-state index contributed by atoms with van der Waals surface area (Å²) in [5.74, 6) is -1.32. The Morgan fingerprint density at radius 2 is 1.67 bits per heavy atom. The van der Waals surface area contributed by atoms with E-state index in [2.05, 4.69) is 30.1 Å². The highest BCUT2D eigenvalue weighted by Crippen LogP contribution is 2.55. The zero-order valence-electron chi connectivity index (χ0n) is 32.9. The number of aliphatic hydroxyl groups is 1. The number of aromatic nitrogens is 6. The molecule has 58 heavy (non-hydrogen) atoms. The minimum atomic E-state index is -3.87. The highest BCUT2D eigenvalue weighted by Gasteiger charge is 2.51. The van der Waals surface area contributed by atoms with Crippen LogP contribution in [0.4, 0.5) is 5.95 Å². The van der Waals surface area contributed by atoms with E-state index in [0.717, 1.165) is 0 Å². The van der Waals surface area contributed by atoms with Crippen LogP contribution in [0.15, 0.2) is 26.9 Å². The van der Waals surface area contributed by atoms with Gasteiger partial charge in [-0.15, -0.1) is 0 Å². The summed E-state index contributed by atoms with van der Waals surface area (Å²) >= 11 is 5.92. The fourth-order valence-corrected chi connectivity index (χ4v) is 8.33. The fraction of sp³-hybridized carbons (Fsp3) is 0.676. The molecule has 320 valence electrons. The average molecular weight is 857 g/mol. The third-order valence-corrected chi connectivity index (χ3v) is 11.7. The molecule has 5 heterocycles. The molecule has 3 aromatic rings. The summed E-state index contributed by atoms with van der Waals surface area (Å²) in [4.78, 5) is 67.3. The predicted octanol–water partition coefficient (Wildman–Crippen LogP) is 0.621. The Bertz CT molecular complexity index is 2140. The van der Waals surface area contributed by atoms with Gasteiger partial charge in [-0.25, -0.2) is 16.4 Å². The molecule has 0 spiro atoms. The zero-order valence-corrected chi connectivity index (χ0v) is 34.6. The quantitative estimate of drug-likeness (QED) is 0.0651. The second-order valence-electron chi connectivity index (χ2n) is 13.7. The summed E-state index contributed by atoms with van der Waals surface area (Å²) in [6.45, 7) is 9.75. The molecule has 0 saturated carbocycles. The van der Waals surface area contributed by atoms with Crippen molar-refractivity contribution in [3.63, 3.8) is 0 Å². The summed E-state index contributed by atoms with van der Waals surface area (Å²) in [6, 6.07) is 0. The third-order valence-electron chi connectivity index (χ3n) is 9.35. The number of methoxy groups -OCH3 is 2. The van der Waals surface area contributed by atoms with E-state index in [9.17, 15) is 24.3 Å². The molecule has 2 saturated heterocycles. The lowest BCUT2D eigenvalue weighted by Gasteiger charge is -2.30. The fourth-order valence-electron chi connectivity index (χ4n) is 6.24. The maximum absolute atomic E-state index is 13.0. The lowest BCUT2D eigenvalue weighted by molar-refractivity contribution is -0.118. The van der Waals surface area contributed by atoms with Gasteiger partial charge in [-0.05, 0) is 18.7 Å². The smallest absolute Gasteiger partial charge is 0.330 e. The van der Waals surface area contributed by atoms with Crippen molar-refractivity contribution in [1.29, 1.82) is 0 Å². The monoisotopic (exact) mass is 856 g/mol. The van der Waals surface area contributed by atoms with Crippen molar-refractivity contribution in [3.8, 4) is 0 Å². The number of nitrogens with one attached hydrogen (secondary N) is 3. The number of fused-ring (bicyclic) bond motifs is 1. The Labute approximate surface area is 337 Å². The largest absolute Gasteiger partial charge is 0.394 e. The Balaban J connectivity index is 1.45. The molecule has 2 fully saturated rings. The number of aliphatic hydroxyl groups excluding tert-OH is 1. The van der Waals surface area contributed by atoms with Gasteiger partial charge in [0.05, 0.1) is 52.1 Å². The molecule has 0 aromatic carbocycles. The van der Waals surface area contributed by atoms with Gasteiger partial charge >= 0.3 is 12.4 Å². The Morgan fingerprint density at radius 3 is 2.33 bits per heavy atom. The van der Waals surface area contributed by atoms with Gasteiger partial charge in [0.2, 0.25) is 18.4 Å². The van der Waals surface area contributed by atoms with Crippen molar-refractivity contribution >= 4 is 41.5 Å². The molecule has 2 aliphatic heterocycles. The molecule has 2 aliphatic rings. The van der Waals surface area contributed by atoms with Crippen LogP contribution in [0.25, 0.3) is 16.0 Å². The number of aryl methyl sites for hydroxylation is 1. The summed E-state index contributed by atoms with van der Waals surface area (Å²) in [6.07, 6.45) is -4.20. The number of rotatable bonds is 21. The molecule has 24 heteroatoms. The number of carbonyl (C=O) groups is 1. The van der Waals surface area contributed by atoms with Gasteiger partial charge < -0.3 is 47.4 Å². The third kappa shape index (κ3) is 10.5. The van der Waals surface area contributed by atoms with E-state index in [1.165, 1.54) is 35.9 Å². The number of ether oxygens (including phenoxy) is 6. The van der Waals surface area contributed by atoms with Crippen molar-refractivity contribution in [2.24, 2.45) is 11.8 Å². The van der Waals surface area contributed by atoms with Gasteiger partial charge in [0.25, 0.3) is 11.1 Å². The van der Waals surface area contributed by atoms with Crippen LogP contribution in [0.2, 0.25) is 0 Å². The Morgan fingerprint density at radius 1 is 1.00 bits per heavy atom. The van der Waals surface area contributed by atoms with E-state index in [1.807, 2.05) is 6.92 Å². The van der Waals surface area contributed by atoms with Crippen molar-refractivity contribution in [3.05, 3.63) is 60.7 Å². The van der Waals surface area contributed by atoms with E-state index < -0.39 is 84.9 Å². The second kappa shape index (κ2) is 20.5. The first-order chi connectivity index (χ1) is 27.7. The molecule has 4 N–H and O–H groups in total. The van der Waals surface area contributed by atoms with Crippen LogP contribution in [-0.4, -0.2) is 138 Å². The lowest BCUT2D eigenvalue weighted by atomic mass is 10.0. The maximum atomic E-state index is 13.0. The Hall–Kier alpha value is -3.76. The second-order valence-corrected chi connectivity index (χ2v) is 16.7. The first-order valence-electron chi connectivity index (χ1n) is 18.4. The Kier molecular flexibility index (Phi) is 16.0. The molecule has 9 atom stereocenters. The molecule has 3 aromatic heterocycles. The van der Waals surface area contributed by atoms with E-state index >= 15 is 0 Å². The molecular formula is C34H49N8O14PS. The molecule has 22 nitrogen and oxygen atoms in total. The summed E-state index contributed by atoms with van der Waals surface area (Å²) in [5, 5.41) is 13.2. The predicted molar refractivity (Wildman–Crippen MR) is 208 cm³/mol. The number of carbonyl (C=O) groups excluding carboxylic acids is 1. The first kappa shape index (κ1) is 45.3. The van der Waals surface area contributed by atoms with Gasteiger partial charge in [0.1, 0.15) is 31.0 Å². The number of anilines is 1. The maximum Gasteiger partial charge on any atom is 0.330 e. The van der Waals surface area contributed by atoms with Crippen molar-refractivity contribution in [2.75, 3.05) is 72.3 Å². The minimum absolute atomic E-state index is 0.0283. The van der Waals surface area contributed by atoms with Gasteiger partial charge in [-0.3, -0.25) is 43.3 Å². The normalized spacial score (nSPS) is 25.6. The number of aromatic amines is 2. The summed E-state index contributed by atoms with van der Waals surface area (Å²) in [7, 11) is 3.01. The molecule has 3 unspecified atom stereocenters. The molecule has 1 amide bonds. The zero-order chi connectivity index (χ0) is 42.1. The van der Waals surface area contributed by atoms with Crippen LogP contribution >= 0.6 is 6.72 Å². The standard InChI is InChI=1S/C34H49N8O14PS/c1-18(2)28(44)38-33-37-27-23(30(46)39-33)36-17-42(27)32-26(51-13-11-49-7)25(21(15-43)54-32)56-57(58,52-9-8-35-5)53-16-22-20(4)24(50-12-10-48-6)31(55-22)41-14-19(3)29(45)40-34(41)47/h14,17-18,20-22,24-26,31-32,43H,8-13,15-16H2,1-4,6-7H3,(H,40,45,47)(H2,37,38,39,44,46)/t20-,21+,22+,24?,25-,26?,31+,32+,57?/m0/s1. The van der Waals surface area contributed by atoms with E-state index in [-0.39, 0.29) is 74.8 Å². The number of imidazole rings is 1. The highest BCUT2D eigenvalue weighted by atomic mass is 32.5. The van der Waals surface area contributed by atoms with Gasteiger partial charge in [-0.1, -0.05) is 20.8 Å². The van der Waals surface area contributed by atoms with E-state index in [4.69, 9.17) is 60.4 Å². The number of hydrogen-bond acceptors (Lipinski definition) is 17. The molecule has 0 radical (unpaired) electrons. The van der Waals surface area contributed by atoms with Crippen LogP contribution in [0, 0.1) is 25.3 Å². The first-order valence-corrected chi connectivity index (χ1v) is 20.9. The van der Waals surface area contributed by atoms with Crippen molar-refractivity contribution < 1.29 is 51.9 Å². The number of hydrogen-bond donors (Lipinski definition) is 4. The van der Waals surface area contributed by atoms with E-state index in [1.54, 1.807) is 20.8 Å². The molecular weight excluding hydrogens is 807 g/mol. The number of nitrogens with zero attached hydrogens (tertiary/aromatic N) is 5. The minimum Gasteiger partial charge on any atom is -0.394 e. The van der Waals surface area contributed by atoms with Crippen LogP contribution in [0.3, 0.4) is 0 Å². The topological polar surface area (TPSA) is 255 Å². The van der Waals surface area contributed by atoms with Crippen LogP contribution < -0.4 is 22.1 Å². The highest BCUT2D eigenvalue weighted by molar-refractivity contribution is 8.07. The van der Waals surface area contributed by atoms with E-state index in [0.29, 0.717) is 0 Å². The summed E-state index contributed by atoms with van der Waals surface area (Å²) in [5.41, 5.74) is -1.60. The average Bonchev–Trinajstić information content (AvgIpc) is 3.85. The van der Waals surface area contributed by atoms with Gasteiger partial charge in [0, 0.05) is 37.8 Å².